The Morgan fingerprint density at radius 3 is 3.09 bits per heavy atom. The number of hydrogen-bond acceptors (Lipinski definition) is 2. The van der Waals surface area contributed by atoms with Gasteiger partial charge in [-0.3, -0.25) is 0 Å². The first kappa shape index (κ1) is 7.18. The lowest BCUT2D eigenvalue weighted by Crippen LogP contribution is -1.74. The van der Waals surface area contributed by atoms with Crippen molar-refractivity contribution in [3.8, 4) is 0 Å². The molecule has 0 aliphatic heterocycles. The number of benzene rings is 1. The molecule has 0 bridgehead atoms. The lowest BCUT2D eigenvalue weighted by atomic mass is 10.3. The molecule has 0 amide bonds. The summed E-state index contributed by atoms with van der Waals surface area (Å²) in [5.41, 5.74) is 2.41. The monoisotopic (exact) mass is 231 g/mol. The average Bonchev–Trinajstić information content (AvgIpc) is 2.34. The third-order valence-corrected chi connectivity index (χ3v) is 3.11. The number of rotatable bonds is 0. The van der Waals surface area contributed by atoms with Crippen LogP contribution in [0, 0.1) is 5.82 Å². The topological polar surface area (TPSA) is 12.9 Å². The van der Waals surface area contributed by atoms with Crippen LogP contribution in [-0.4, -0.2) is 4.98 Å². The van der Waals surface area contributed by atoms with Crippen LogP contribution >= 0.6 is 27.3 Å². The Labute approximate surface area is 75.0 Å². The Morgan fingerprint density at radius 2 is 2.27 bits per heavy atom. The highest BCUT2D eigenvalue weighted by atomic mass is 79.9. The van der Waals surface area contributed by atoms with E-state index in [-0.39, 0.29) is 5.82 Å². The number of aromatic nitrogens is 1. The quantitative estimate of drug-likeness (QED) is 0.679. The first-order valence-electron chi connectivity index (χ1n) is 2.95. The highest BCUT2D eigenvalue weighted by molar-refractivity contribution is 9.10. The van der Waals surface area contributed by atoms with Gasteiger partial charge in [0, 0.05) is 10.5 Å². The van der Waals surface area contributed by atoms with E-state index in [0.717, 1.165) is 9.17 Å². The highest BCUT2D eigenvalue weighted by Gasteiger charge is 2.02. The molecule has 0 aliphatic rings. The predicted octanol–water partition coefficient (Wildman–Crippen LogP) is 3.20. The zero-order valence-electron chi connectivity index (χ0n) is 5.34. The molecule has 4 heteroatoms. The lowest BCUT2D eigenvalue weighted by molar-refractivity contribution is 0.629. The van der Waals surface area contributed by atoms with Crippen molar-refractivity contribution in [2.75, 3.05) is 0 Å². The van der Waals surface area contributed by atoms with Crippen LogP contribution in [0.1, 0.15) is 0 Å². The molecule has 0 unspecified atom stereocenters. The molecule has 0 saturated heterocycles. The number of nitrogens with zero attached hydrogens (tertiary/aromatic N) is 1. The molecule has 0 saturated carbocycles. The van der Waals surface area contributed by atoms with Crippen molar-refractivity contribution < 1.29 is 4.39 Å². The second-order valence-electron chi connectivity index (χ2n) is 2.09. The van der Waals surface area contributed by atoms with E-state index in [1.165, 1.54) is 23.5 Å². The van der Waals surface area contributed by atoms with Crippen LogP contribution in [0.4, 0.5) is 4.39 Å². The molecule has 2 rings (SSSR count). The zero-order valence-corrected chi connectivity index (χ0v) is 7.75. The van der Waals surface area contributed by atoms with Crippen molar-refractivity contribution in [1.29, 1.82) is 0 Å². The minimum absolute atomic E-state index is 0.254. The minimum Gasteiger partial charge on any atom is -0.245 e. The maximum absolute atomic E-state index is 12.7. The largest absolute Gasteiger partial charge is 0.245 e. The Hall–Kier alpha value is -0.480. The summed E-state index contributed by atoms with van der Waals surface area (Å²) in [7, 11) is 0. The van der Waals surface area contributed by atoms with E-state index < -0.39 is 0 Å². The van der Waals surface area contributed by atoms with Crippen LogP contribution in [0.2, 0.25) is 0 Å². The summed E-state index contributed by atoms with van der Waals surface area (Å²) >= 11 is 4.76. The van der Waals surface area contributed by atoms with Crippen LogP contribution in [-0.2, 0) is 0 Å². The van der Waals surface area contributed by atoms with Crippen LogP contribution in [0.25, 0.3) is 10.2 Å². The van der Waals surface area contributed by atoms with E-state index >= 15 is 0 Å². The highest BCUT2D eigenvalue weighted by Crippen LogP contribution is 2.27. The fourth-order valence-corrected chi connectivity index (χ4v) is 2.27. The molecule has 0 atom stereocenters. The van der Waals surface area contributed by atoms with Gasteiger partial charge in [0.25, 0.3) is 0 Å². The van der Waals surface area contributed by atoms with Crippen LogP contribution in [0.15, 0.2) is 22.1 Å². The van der Waals surface area contributed by atoms with Gasteiger partial charge in [-0.1, -0.05) is 0 Å². The number of halogens is 2. The van der Waals surface area contributed by atoms with Crippen molar-refractivity contribution in [2.45, 2.75) is 0 Å². The van der Waals surface area contributed by atoms with Gasteiger partial charge in [0.1, 0.15) is 5.82 Å². The van der Waals surface area contributed by atoms with E-state index in [0.29, 0.717) is 5.52 Å². The molecule has 56 valence electrons. The molecule has 1 aromatic carbocycles. The molecule has 0 N–H and O–H groups in total. The maximum Gasteiger partial charge on any atom is 0.126 e. The average molecular weight is 232 g/mol. The first-order valence-corrected chi connectivity index (χ1v) is 4.63. The van der Waals surface area contributed by atoms with Gasteiger partial charge in [0.05, 0.1) is 15.7 Å². The van der Waals surface area contributed by atoms with Gasteiger partial charge >= 0.3 is 0 Å². The van der Waals surface area contributed by atoms with Gasteiger partial charge in [0.2, 0.25) is 0 Å². The van der Waals surface area contributed by atoms with Gasteiger partial charge in [-0.05, 0) is 22.0 Å². The molecule has 0 spiro atoms. The van der Waals surface area contributed by atoms with Crippen molar-refractivity contribution in [3.05, 3.63) is 27.9 Å². The number of fused-ring (bicyclic) bond motifs is 1. The first-order chi connectivity index (χ1) is 5.27. The molecule has 2 aromatic rings. The molecule has 1 aromatic heterocycles. The van der Waals surface area contributed by atoms with Gasteiger partial charge in [0.15, 0.2) is 0 Å². The summed E-state index contributed by atoms with van der Waals surface area (Å²) < 4.78 is 14.5. The van der Waals surface area contributed by atoms with Crippen LogP contribution < -0.4 is 0 Å². The summed E-state index contributed by atoms with van der Waals surface area (Å²) in [6, 6.07) is 2.87. The minimum atomic E-state index is -0.254. The van der Waals surface area contributed by atoms with E-state index in [4.69, 9.17) is 0 Å². The molecular weight excluding hydrogens is 229 g/mol. The van der Waals surface area contributed by atoms with E-state index in [9.17, 15) is 4.39 Å². The number of thiazole rings is 1. The van der Waals surface area contributed by atoms with Crippen LogP contribution in [0.3, 0.4) is 0 Å². The second-order valence-corrected chi connectivity index (χ2v) is 3.80. The SMILES string of the molecule is Fc1cc(Br)c2scnc2c1. The third-order valence-electron chi connectivity index (χ3n) is 1.35. The Bertz CT molecular complexity index is 398. The molecule has 0 fully saturated rings. The van der Waals surface area contributed by atoms with Gasteiger partial charge in [-0.15, -0.1) is 11.3 Å². The summed E-state index contributed by atoms with van der Waals surface area (Å²) in [4.78, 5) is 3.99. The van der Waals surface area contributed by atoms with E-state index in [1.54, 1.807) is 5.51 Å². The summed E-state index contributed by atoms with van der Waals surface area (Å²) in [5, 5.41) is 0. The lowest BCUT2D eigenvalue weighted by Gasteiger charge is -1.91. The van der Waals surface area contributed by atoms with Crippen molar-refractivity contribution in [2.24, 2.45) is 0 Å². The Balaban J connectivity index is 2.91. The fraction of sp³-hybridized carbons (Fsp3) is 0. The molecule has 1 nitrogen and oxygen atoms in total. The molecule has 0 radical (unpaired) electrons. The van der Waals surface area contributed by atoms with Gasteiger partial charge < -0.3 is 0 Å². The normalized spacial score (nSPS) is 10.7. The van der Waals surface area contributed by atoms with E-state index in [1.807, 2.05) is 0 Å². The molecule has 11 heavy (non-hydrogen) atoms. The van der Waals surface area contributed by atoms with Gasteiger partial charge in [-0.2, -0.15) is 0 Å². The van der Waals surface area contributed by atoms with Crippen LogP contribution in [0.5, 0.6) is 0 Å². The van der Waals surface area contributed by atoms with Gasteiger partial charge in [-0.25, -0.2) is 9.37 Å². The maximum atomic E-state index is 12.7. The standard InChI is InChI=1S/C7H3BrFNS/c8-5-1-4(9)2-6-7(5)11-3-10-6/h1-3H. The zero-order chi connectivity index (χ0) is 7.84. The second kappa shape index (κ2) is 2.53. The summed E-state index contributed by atoms with van der Waals surface area (Å²) in [6.07, 6.45) is 0. The molecule has 1 heterocycles. The third kappa shape index (κ3) is 1.16. The van der Waals surface area contributed by atoms with E-state index in [2.05, 4.69) is 20.9 Å². The predicted molar refractivity (Wildman–Crippen MR) is 47.3 cm³/mol. The smallest absolute Gasteiger partial charge is 0.126 e. The van der Waals surface area contributed by atoms with Crippen molar-refractivity contribution in [3.63, 3.8) is 0 Å². The molecular formula is C7H3BrFNS. The van der Waals surface area contributed by atoms with Crippen molar-refractivity contribution >= 4 is 37.5 Å². The summed E-state index contributed by atoms with van der Waals surface area (Å²) in [6.45, 7) is 0. The van der Waals surface area contributed by atoms with Crippen molar-refractivity contribution in [1.82, 2.24) is 4.98 Å². The summed E-state index contributed by atoms with van der Waals surface area (Å²) in [5.74, 6) is -0.254. The Kier molecular flexibility index (Phi) is 1.65. The number of hydrogen-bond donors (Lipinski definition) is 0. The molecule has 0 aliphatic carbocycles. The fourth-order valence-electron chi connectivity index (χ4n) is 0.895. The Morgan fingerprint density at radius 1 is 1.45 bits per heavy atom.